The van der Waals surface area contributed by atoms with Crippen molar-refractivity contribution >= 4 is 17.5 Å². The number of pyridine rings is 1. The molecule has 1 fully saturated rings. The Labute approximate surface area is 187 Å². The Hall–Kier alpha value is -3.03. The minimum atomic E-state index is -3.06. The quantitative estimate of drug-likeness (QED) is 0.674. The first-order valence-electron chi connectivity index (χ1n) is 10.6. The molecule has 172 valence electrons. The summed E-state index contributed by atoms with van der Waals surface area (Å²) in [6, 6.07) is 10.8. The molecule has 2 aromatic rings. The zero-order valence-corrected chi connectivity index (χ0v) is 19.0. The average molecular weight is 446 g/mol. The van der Waals surface area contributed by atoms with Crippen LogP contribution in [0, 0.1) is 6.92 Å². The van der Waals surface area contributed by atoms with Crippen LogP contribution in [0.1, 0.15) is 56.4 Å². The molecule has 0 bridgehead atoms. The summed E-state index contributed by atoms with van der Waals surface area (Å²) < 4.78 is 30.3. The van der Waals surface area contributed by atoms with Crippen molar-refractivity contribution in [2.75, 3.05) is 12.4 Å². The maximum atomic E-state index is 13.7. The molecule has 6 nitrogen and oxygen atoms in total. The van der Waals surface area contributed by atoms with E-state index in [9.17, 15) is 18.4 Å². The summed E-state index contributed by atoms with van der Waals surface area (Å²) in [5, 5.41) is 2.78. The van der Waals surface area contributed by atoms with Crippen molar-refractivity contribution in [1.29, 1.82) is 0 Å². The van der Waals surface area contributed by atoms with Gasteiger partial charge in [-0.3, -0.25) is 9.59 Å². The summed E-state index contributed by atoms with van der Waals surface area (Å²) in [6.07, 6.45) is 0.867. The Morgan fingerprint density at radius 1 is 1.19 bits per heavy atom. The highest BCUT2D eigenvalue weighted by molar-refractivity contribution is 6.01. The Kier molecular flexibility index (Phi) is 6.81. The second-order valence-electron chi connectivity index (χ2n) is 8.65. The SMILES string of the molecule is CC(=O)N(C)C1CC(C(=O)Nc2ccc(C)nc2OC(F)F)(c2ccccc2C(C)C)C1. The topological polar surface area (TPSA) is 71.5 Å². The summed E-state index contributed by atoms with van der Waals surface area (Å²) in [4.78, 5) is 31.2. The summed E-state index contributed by atoms with van der Waals surface area (Å²) in [6.45, 7) is 4.20. The fourth-order valence-electron chi connectivity index (χ4n) is 4.28. The Morgan fingerprint density at radius 2 is 1.84 bits per heavy atom. The van der Waals surface area contributed by atoms with Crippen molar-refractivity contribution in [3.63, 3.8) is 0 Å². The summed E-state index contributed by atoms with van der Waals surface area (Å²) in [5.41, 5.74) is 1.60. The number of hydrogen-bond acceptors (Lipinski definition) is 4. The minimum Gasteiger partial charge on any atom is -0.415 e. The van der Waals surface area contributed by atoms with E-state index in [2.05, 4.69) is 28.9 Å². The van der Waals surface area contributed by atoms with Crippen molar-refractivity contribution in [3.05, 3.63) is 53.2 Å². The molecule has 1 aliphatic rings. The van der Waals surface area contributed by atoms with E-state index in [0.29, 0.717) is 18.5 Å². The number of alkyl halides is 2. The van der Waals surface area contributed by atoms with Crippen LogP contribution >= 0.6 is 0 Å². The number of benzene rings is 1. The van der Waals surface area contributed by atoms with Crippen molar-refractivity contribution in [2.45, 2.75) is 64.5 Å². The average Bonchev–Trinajstić information content (AvgIpc) is 2.68. The van der Waals surface area contributed by atoms with Gasteiger partial charge in [0.05, 0.1) is 5.41 Å². The maximum absolute atomic E-state index is 13.7. The van der Waals surface area contributed by atoms with Crippen LogP contribution in [0.2, 0.25) is 0 Å². The molecule has 32 heavy (non-hydrogen) atoms. The molecule has 1 aromatic heterocycles. The number of nitrogens with one attached hydrogen (secondary N) is 1. The third kappa shape index (κ3) is 4.59. The lowest BCUT2D eigenvalue weighted by Crippen LogP contribution is -2.59. The van der Waals surface area contributed by atoms with Gasteiger partial charge in [0.15, 0.2) is 0 Å². The van der Waals surface area contributed by atoms with Gasteiger partial charge in [0.2, 0.25) is 17.7 Å². The molecule has 0 aliphatic heterocycles. The van der Waals surface area contributed by atoms with Crippen LogP contribution in [0.3, 0.4) is 0 Å². The highest BCUT2D eigenvalue weighted by Gasteiger charge is 2.54. The standard InChI is InChI=1S/C24H29F2N3O3/c1-14(2)18-8-6-7-9-19(18)24(12-17(13-24)29(5)16(4)30)22(31)28-20-11-10-15(3)27-21(20)32-23(25)26/h6-11,14,17,23H,12-13H2,1-5H3,(H,28,31). The van der Waals surface area contributed by atoms with Crippen LogP contribution in [0.15, 0.2) is 36.4 Å². The third-order valence-corrected chi connectivity index (χ3v) is 6.19. The normalized spacial score (nSPS) is 20.1. The Balaban J connectivity index is 1.99. The molecule has 1 N–H and O–H groups in total. The third-order valence-electron chi connectivity index (χ3n) is 6.19. The fourth-order valence-corrected chi connectivity index (χ4v) is 4.28. The van der Waals surface area contributed by atoms with Gasteiger partial charge < -0.3 is 15.0 Å². The highest BCUT2D eigenvalue weighted by Crippen LogP contribution is 2.49. The van der Waals surface area contributed by atoms with Gasteiger partial charge in [-0.05, 0) is 48.9 Å². The van der Waals surface area contributed by atoms with E-state index >= 15 is 0 Å². The van der Waals surface area contributed by atoms with Crippen LogP contribution in [0.25, 0.3) is 0 Å². The molecule has 0 radical (unpaired) electrons. The molecule has 0 atom stereocenters. The van der Waals surface area contributed by atoms with E-state index in [1.165, 1.54) is 13.0 Å². The number of anilines is 1. The predicted molar refractivity (Wildman–Crippen MR) is 118 cm³/mol. The largest absolute Gasteiger partial charge is 0.415 e. The van der Waals surface area contributed by atoms with Gasteiger partial charge in [0.25, 0.3) is 0 Å². The lowest BCUT2D eigenvalue weighted by atomic mass is 9.59. The van der Waals surface area contributed by atoms with Crippen LogP contribution in [0.4, 0.5) is 14.5 Å². The minimum absolute atomic E-state index is 0.0727. The number of ether oxygens (including phenoxy) is 1. The van der Waals surface area contributed by atoms with Gasteiger partial charge in [-0.25, -0.2) is 4.98 Å². The molecule has 0 saturated heterocycles. The van der Waals surface area contributed by atoms with Crippen molar-refractivity contribution in [1.82, 2.24) is 9.88 Å². The van der Waals surface area contributed by atoms with Crippen LogP contribution in [0.5, 0.6) is 5.88 Å². The Morgan fingerprint density at radius 3 is 2.44 bits per heavy atom. The molecule has 1 saturated carbocycles. The van der Waals surface area contributed by atoms with Gasteiger partial charge in [-0.2, -0.15) is 8.78 Å². The number of halogens is 2. The molecule has 0 spiro atoms. The summed E-state index contributed by atoms with van der Waals surface area (Å²) in [5.74, 6) is -0.545. The second kappa shape index (κ2) is 9.22. The first kappa shape index (κ1) is 23.6. The van der Waals surface area contributed by atoms with Gasteiger partial charge in [0.1, 0.15) is 5.69 Å². The maximum Gasteiger partial charge on any atom is 0.388 e. The highest BCUT2D eigenvalue weighted by atomic mass is 19.3. The second-order valence-corrected chi connectivity index (χ2v) is 8.65. The molecule has 1 aromatic carbocycles. The number of hydrogen-bond donors (Lipinski definition) is 1. The Bertz CT molecular complexity index is 1000. The smallest absolute Gasteiger partial charge is 0.388 e. The number of rotatable bonds is 7. The van der Waals surface area contributed by atoms with Crippen molar-refractivity contribution < 1.29 is 23.1 Å². The van der Waals surface area contributed by atoms with E-state index in [4.69, 9.17) is 0 Å². The number of amides is 2. The first-order valence-corrected chi connectivity index (χ1v) is 10.6. The lowest BCUT2D eigenvalue weighted by Gasteiger charge is -2.50. The van der Waals surface area contributed by atoms with Crippen LogP contribution < -0.4 is 10.1 Å². The van der Waals surface area contributed by atoms with Gasteiger partial charge >= 0.3 is 6.61 Å². The van der Waals surface area contributed by atoms with Crippen molar-refractivity contribution in [2.24, 2.45) is 0 Å². The molecular weight excluding hydrogens is 416 g/mol. The molecule has 1 heterocycles. The monoisotopic (exact) mass is 445 g/mol. The number of aryl methyl sites for hydroxylation is 1. The van der Waals surface area contributed by atoms with Crippen LogP contribution in [-0.4, -0.2) is 41.4 Å². The molecule has 2 amide bonds. The van der Waals surface area contributed by atoms with E-state index < -0.39 is 12.0 Å². The van der Waals surface area contributed by atoms with E-state index in [0.717, 1.165) is 11.1 Å². The number of carbonyl (C=O) groups is 2. The predicted octanol–water partition coefficient (Wildman–Crippen LogP) is 4.63. The van der Waals surface area contributed by atoms with Crippen molar-refractivity contribution in [3.8, 4) is 5.88 Å². The molecule has 0 unspecified atom stereocenters. The first-order chi connectivity index (χ1) is 15.0. The van der Waals surface area contributed by atoms with Gasteiger partial charge in [-0.15, -0.1) is 0 Å². The molecule has 3 rings (SSSR count). The van der Waals surface area contributed by atoms with E-state index in [-0.39, 0.29) is 35.3 Å². The van der Waals surface area contributed by atoms with Gasteiger partial charge in [0, 0.05) is 25.7 Å². The van der Waals surface area contributed by atoms with Gasteiger partial charge in [-0.1, -0.05) is 38.1 Å². The number of aromatic nitrogens is 1. The van der Waals surface area contributed by atoms with E-state index in [1.54, 1.807) is 24.9 Å². The molecule has 8 heteroatoms. The number of nitrogens with zero attached hydrogens (tertiary/aromatic N) is 2. The van der Waals surface area contributed by atoms with Crippen LogP contribution in [-0.2, 0) is 15.0 Å². The van der Waals surface area contributed by atoms with E-state index in [1.807, 2.05) is 24.3 Å². The molecule has 1 aliphatic carbocycles. The molecular formula is C24H29F2N3O3. The summed E-state index contributed by atoms with van der Waals surface area (Å²) >= 11 is 0. The zero-order valence-electron chi connectivity index (χ0n) is 19.0. The summed E-state index contributed by atoms with van der Waals surface area (Å²) in [7, 11) is 1.72. The lowest BCUT2D eigenvalue weighted by molar-refractivity contribution is -0.137. The zero-order chi connectivity index (χ0) is 23.6. The number of carbonyl (C=O) groups excluding carboxylic acids is 2. The fraction of sp³-hybridized carbons (Fsp3) is 0.458.